The van der Waals surface area contributed by atoms with E-state index in [-0.39, 0.29) is 11.3 Å². The molecule has 124 valence electrons. The van der Waals surface area contributed by atoms with Gasteiger partial charge in [0.15, 0.2) is 0 Å². The molecule has 0 aliphatic rings. The number of rotatable bonds is 5. The second kappa shape index (κ2) is 7.90. The lowest BCUT2D eigenvalue weighted by Gasteiger charge is -2.07. The number of nitrogens with zero attached hydrogens (tertiary/aromatic N) is 2. The molecule has 0 aliphatic carbocycles. The van der Waals surface area contributed by atoms with Crippen LogP contribution in [0.3, 0.4) is 0 Å². The van der Waals surface area contributed by atoms with E-state index in [0.29, 0.717) is 27.7 Å². The number of benzene rings is 2. The molecule has 0 bridgehead atoms. The molecule has 6 nitrogen and oxygen atoms in total. The predicted octanol–water partition coefficient (Wildman–Crippen LogP) is 4.45. The maximum atomic E-state index is 12.1. The fraction of sp³-hybridized carbons (Fsp3) is 0.125. The Bertz CT molecular complexity index is 822. The van der Waals surface area contributed by atoms with Crippen LogP contribution in [0.1, 0.15) is 29.3 Å². The van der Waals surface area contributed by atoms with Crippen LogP contribution in [0.5, 0.6) is 0 Å². The van der Waals surface area contributed by atoms with Gasteiger partial charge in [-0.05, 0) is 24.6 Å². The van der Waals surface area contributed by atoms with Crippen molar-refractivity contribution in [3.05, 3.63) is 73.8 Å². The third-order valence-corrected chi connectivity index (χ3v) is 3.74. The van der Waals surface area contributed by atoms with Crippen molar-refractivity contribution in [1.82, 2.24) is 5.43 Å². The Morgan fingerprint density at radius 3 is 2.62 bits per heavy atom. The second-order valence-corrected chi connectivity index (χ2v) is 5.63. The first-order valence-electron chi connectivity index (χ1n) is 6.99. The van der Waals surface area contributed by atoms with Crippen molar-refractivity contribution >= 4 is 40.5 Å². The van der Waals surface area contributed by atoms with Crippen molar-refractivity contribution in [2.75, 3.05) is 0 Å². The lowest BCUT2D eigenvalue weighted by Crippen LogP contribution is -2.20. The van der Waals surface area contributed by atoms with Crippen LogP contribution in [0.4, 0.5) is 5.69 Å². The summed E-state index contributed by atoms with van der Waals surface area (Å²) in [4.78, 5) is 22.3. The second-order valence-electron chi connectivity index (χ2n) is 4.78. The minimum Gasteiger partial charge on any atom is -0.267 e. The molecule has 8 heteroatoms. The number of carbonyl (C=O) groups is 1. The molecule has 0 atom stereocenters. The van der Waals surface area contributed by atoms with Crippen LogP contribution in [-0.2, 0) is 0 Å². The molecule has 24 heavy (non-hydrogen) atoms. The van der Waals surface area contributed by atoms with E-state index in [4.69, 9.17) is 23.2 Å². The van der Waals surface area contributed by atoms with Gasteiger partial charge in [0.25, 0.3) is 11.6 Å². The van der Waals surface area contributed by atoms with Gasteiger partial charge in [0.1, 0.15) is 0 Å². The molecule has 1 N–H and O–H groups in total. The number of non-ortho nitro benzene ring substituents is 1. The van der Waals surface area contributed by atoms with E-state index in [2.05, 4.69) is 10.5 Å². The van der Waals surface area contributed by atoms with Crippen LogP contribution < -0.4 is 5.43 Å². The highest BCUT2D eigenvalue weighted by atomic mass is 35.5. The van der Waals surface area contributed by atoms with Crippen LogP contribution >= 0.6 is 23.2 Å². The number of halogens is 2. The molecule has 0 radical (unpaired) electrons. The van der Waals surface area contributed by atoms with Crippen LogP contribution in [-0.4, -0.2) is 16.5 Å². The normalized spacial score (nSPS) is 11.2. The number of hydrogen-bond acceptors (Lipinski definition) is 4. The predicted molar refractivity (Wildman–Crippen MR) is 93.9 cm³/mol. The molecule has 0 fully saturated rings. The van der Waals surface area contributed by atoms with Crippen LogP contribution in [0, 0.1) is 10.1 Å². The van der Waals surface area contributed by atoms with Crippen molar-refractivity contribution in [3.8, 4) is 0 Å². The number of hydrogen-bond donors (Lipinski definition) is 1. The summed E-state index contributed by atoms with van der Waals surface area (Å²) in [5, 5.41) is 15.8. The Hall–Kier alpha value is -2.44. The van der Waals surface area contributed by atoms with Crippen molar-refractivity contribution in [3.63, 3.8) is 0 Å². The third kappa shape index (κ3) is 4.31. The Morgan fingerprint density at radius 1 is 1.25 bits per heavy atom. The number of nitro benzene ring substituents is 1. The molecule has 0 aliphatic heterocycles. The van der Waals surface area contributed by atoms with Gasteiger partial charge < -0.3 is 0 Å². The summed E-state index contributed by atoms with van der Waals surface area (Å²) in [6.45, 7) is 1.86. The van der Waals surface area contributed by atoms with Gasteiger partial charge in [-0.25, -0.2) is 5.43 Å². The van der Waals surface area contributed by atoms with E-state index < -0.39 is 10.8 Å². The van der Waals surface area contributed by atoms with Crippen molar-refractivity contribution in [2.24, 2.45) is 5.10 Å². The lowest BCUT2D eigenvalue weighted by atomic mass is 10.1. The summed E-state index contributed by atoms with van der Waals surface area (Å²) in [5.74, 6) is -0.547. The largest absolute Gasteiger partial charge is 0.271 e. The number of amides is 1. The quantitative estimate of drug-likeness (QED) is 0.482. The summed E-state index contributed by atoms with van der Waals surface area (Å²) >= 11 is 12.0. The molecule has 2 aromatic rings. The van der Waals surface area contributed by atoms with E-state index in [1.807, 2.05) is 6.92 Å². The van der Waals surface area contributed by atoms with Gasteiger partial charge in [-0.15, -0.1) is 0 Å². The van der Waals surface area contributed by atoms with Gasteiger partial charge >= 0.3 is 0 Å². The van der Waals surface area contributed by atoms with E-state index in [1.54, 1.807) is 18.2 Å². The fourth-order valence-electron chi connectivity index (χ4n) is 2.00. The highest BCUT2D eigenvalue weighted by Gasteiger charge is 2.12. The maximum absolute atomic E-state index is 12.1. The van der Waals surface area contributed by atoms with E-state index in [0.717, 1.165) is 0 Å². The molecule has 0 saturated carbocycles. The molecule has 0 unspecified atom stereocenters. The van der Waals surface area contributed by atoms with Gasteiger partial charge in [-0.3, -0.25) is 14.9 Å². The molecule has 0 spiro atoms. The highest BCUT2D eigenvalue weighted by molar-refractivity contribution is 6.37. The van der Waals surface area contributed by atoms with Crippen LogP contribution in [0.15, 0.2) is 47.6 Å². The Labute approximate surface area is 148 Å². The first-order valence-corrected chi connectivity index (χ1v) is 7.74. The Kier molecular flexibility index (Phi) is 5.89. The van der Waals surface area contributed by atoms with Gasteiger partial charge in [0, 0.05) is 28.3 Å². The molecular formula is C16H13Cl2N3O3. The summed E-state index contributed by atoms with van der Waals surface area (Å²) in [7, 11) is 0. The monoisotopic (exact) mass is 365 g/mol. The molecule has 1 amide bonds. The Morgan fingerprint density at radius 2 is 2.00 bits per heavy atom. The number of nitrogens with one attached hydrogen (secondary N) is 1. The fourth-order valence-corrected chi connectivity index (χ4v) is 2.51. The number of hydrazone groups is 1. The van der Waals surface area contributed by atoms with Gasteiger partial charge in [-0.2, -0.15) is 5.10 Å². The topological polar surface area (TPSA) is 84.6 Å². The maximum Gasteiger partial charge on any atom is 0.271 e. The summed E-state index contributed by atoms with van der Waals surface area (Å²) in [5.41, 5.74) is 3.59. The highest BCUT2D eigenvalue weighted by Crippen LogP contribution is 2.22. The molecule has 0 saturated heterocycles. The van der Waals surface area contributed by atoms with Crippen LogP contribution in [0.2, 0.25) is 10.0 Å². The van der Waals surface area contributed by atoms with Gasteiger partial charge in [0.05, 0.1) is 15.7 Å². The summed E-state index contributed by atoms with van der Waals surface area (Å²) in [6, 6.07) is 10.4. The summed E-state index contributed by atoms with van der Waals surface area (Å²) in [6.07, 6.45) is 0.524. The smallest absolute Gasteiger partial charge is 0.267 e. The van der Waals surface area contributed by atoms with Gasteiger partial charge in [0.2, 0.25) is 0 Å². The van der Waals surface area contributed by atoms with Crippen molar-refractivity contribution in [1.29, 1.82) is 0 Å². The standard InChI is InChI=1S/C16H13Cl2N3O3/c1-2-15(13-7-6-11(17)9-14(13)18)19-20-16(22)10-4-3-5-12(8-10)21(23)24/h3-9H,2H2,1H3,(H,20,22). The number of nitro groups is 1. The first-order chi connectivity index (χ1) is 11.4. The summed E-state index contributed by atoms with van der Waals surface area (Å²) < 4.78 is 0. The number of carbonyl (C=O) groups excluding carboxylic acids is 1. The molecular weight excluding hydrogens is 353 g/mol. The van der Waals surface area contributed by atoms with Crippen molar-refractivity contribution < 1.29 is 9.72 Å². The lowest BCUT2D eigenvalue weighted by molar-refractivity contribution is -0.384. The average molecular weight is 366 g/mol. The third-order valence-electron chi connectivity index (χ3n) is 3.19. The molecule has 0 aromatic heterocycles. The first kappa shape index (κ1) is 17.9. The van der Waals surface area contributed by atoms with Gasteiger partial charge in [-0.1, -0.05) is 42.3 Å². The SMILES string of the molecule is CCC(=NNC(=O)c1cccc([N+](=O)[O-])c1)c1ccc(Cl)cc1Cl. The zero-order valence-electron chi connectivity index (χ0n) is 12.6. The van der Waals surface area contributed by atoms with E-state index in [9.17, 15) is 14.9 Å². The van der Waals surface area contributed by atoms with E-state index in [1.165, 1.54) is 24.3 Å². The van der Waals surface area contributed by atoms with Crippen molar-refractivity contribution in [2.45, 2.75) is 13.3 Å². The molecule has 2 aromatic carbocycles. The van der Waals surface area contributed by atoms with Crippen LogP contribution in [0.25, 0.3) is 0 Å². The Balaban J connectivity index is 2.22. The minimum atomic E-state index is -0.564. The molecule has 2 rings (SSSR count). The van der Waals surface area contributed by atoms with E-state index >= 15 is 0 Å². The zero-order valence-corrected chi connectivity index (χ0v) is 14.1. The molecule has 0 heterocycles. The minimum absolute atomic E-state index is 0.144. The zero-order chi connectivity index (χ0) is 17.7. The average Bonchev–Trinajstić information content (AvgIpc) is 2.56.